The van der Waals surface area contributed by atoms with Gasteiger partial charge in [-0.3, -0.25) is 9.59 Å². The lowest BCUT2D eigenvalue weighted by Gasteiger charge is -2.05. The highest BCUT2D eigenvalue weighted by Gasteiger charge is 2.04. The lowest BCUT2D eigenvalue weighted by Crippen LogP contribution is -2.04. The minimum Gasteiger partial charge on any atom is -0.461 e. The molecule has 2 rings (SSSR count). The Morgan fingerprint density at radius 3 is 1.00 bits per heavy atom. The van der Waals surface area contributed by atoms with Crippen molar-refractivity contribution in [2.45, 2.75) is 154 Å². The Kier molecular flexibility index (Phi) is 26.6. The van der Waals surface area contributed by atoms with Crippen molar-refractivity contribution >= 4 is 33.5 Å². The second-order valence-electron chi connectivity index (χ2n) is 12.5. The molecule has 0 aromatic heterocycles. The number of rotatable bonds is 31. The van der Waals surface area contributed by atoms with E-state index in [0.29, 0.717) is 26.1 Å². The van der Waals surface area contributed by atoms with Crippen molar-refractivity contribution in [2.75, 3.05) is 11.5 Å². The molecule has 0 aliphatic carbocycles. The molecule has 6 heteroatoms. The molecule has 0 radical (unpaired) electrons. The standard InChI is InChI=1S/C40H62O4S2/c41-39(43-35-37-27-19-17-20-28-37)31-23-13-9-5-1-3-7-11-15-25-33-45-46-34-26-16-12-8-4-2-6-10-14-24-32-40(42)44-36-38-29-21-18-22-30-38/h17-22,27-30H,1-16,23-26,31-36H2. The van der Waals surface area contributed by atoms with Crippen molar-refractivity contribution in [3.8, 4) is 0 Å². The van der Waals surface area contributed by atoms with E-state index < -0.39 is 0 Å². The number of carbonyl (C=O) groups is 2. The Balaban J connectivity index is 1.18. The molecule has 0 bridgehead atoms. The van der Waals surface area contributed by atoms with E-state index in [9.17, 15) is 9.59 Å². The average molecular weight is 671 g/mol. The van der Waals surface area contributed by atoms with Gasteiger partial charge >= 0.3 is 11.9 Å². The number of hydrogen-bond acceptors (Lipinski definition) is 6. The summed E-state index contributed by atoms with van der Waals surface area (Å²) in [4.78, 5) is 23.7. The van der Waals surface area contributed by atoms with Crippen LogP contribution in [-0.2, 0) is 32.3 Å². The second kappa shape index (κ2) is 30.4. The largest absolute Gasteiger partial charge is 0.461 e. The first-order valence-corrected chi connectivity index (χ1v) is 20.9. The summed E-state index contributed by atoms with van der Waals surface area (Å²) in [5.41, 5.74) is 2.10. The molecule has 0 spiro atoms. The van der Waals surface area contributed by atoms with Gasteiger partial charge in [0.05, 0.1) is 0 Å². The van der Waals surface area contributed by atoms with E-state index in [1.165, 1.54) is 114 Å². The van der Waals surface area contributed by atoms with E-state index in [0.717, 1.165) is 36.8 Å². The van der Waals surface area contributed by atoms with Gasteiger partial charge < -0.3 is 9.47 Å². The molecule has 0 fully saturated rings. The highest BCUT2D eigenvalue weighted by molar-refractivity contribution is 8.76. The molecule has 0 unspecified atom stereocenters. The Hall–Kier alpha value is -1.92. The zero-order valence-corrected chi connectivity index (χ0v) is 30.2. The van der Waals surface area contributed by atoms with Crippen LogP contribution >= 0.6 is 21.6 Å². The average Bonchev–Trinajstić information content (AvgIpc) is 3.09. The van der Waals surface area contributed by atoms with Gasteiger partial charge in [-0.05, 0) is 36.8 Å². The molecule has 2 aromatic rings. The van der Waals surface area contributed by atoms with Gasteiger partial charge in [0.15, 0.2) is 0 Å². The Morgan fingerprint density at radius 1 is 0.391 bits per heavy atom. The molecule has 0 aliphatic heterocycles. The van der Waals surface area contributed by atoms with Gasteiger partial charge in [-0.1, -0.05) is 185 Å². The van der Waals surface area contributed by atoms with Gasteiger partial charge in [-0.25, -0.2) is 0 Å². The maximum Gasteiger partial charge on any atom is 0.306 e. The normalized spacial score (nSPS) is 11.0. The van der Waals surface area contributed by atoms with Gasteiger partial charge in [0.2, 0.25) is 0 Å². The summed E-state index contributed by atoms with van der Waals surface area (Å²) in [6.07, 6.45) is 26.7. The fourth-order valence-electron chi connectivity index (χ4n) is 5.43. The molecule has 0 aliphatic rings. The van der Waals surface area contributed by atoms with Gasteiger partial charge in [0.25, 0.3) is 0 Å². The lowest BCUT2D eigenvalue weighted by atomic mass is 10.1. The first kappa shape index (κ1) is 40.3. The zero-order valence-electron chi connectivity index (χ0n) is 28.6. The van der Waals surface area contributed by atoms with Crippen LogP contribution in [0.25, 0.3) is 0 Å². The number of hydrogen-bond donors (Lipinski definition) is 0. The van der Waals surface area contributed by atoms with E-state index in [4.69, 9.17) is 9.47 Å². The van der Waals surface area contributed by atoms with Crippen LogP contribution in [0.15, 0.2) is 60.7 Å². The van der Waals surface area contributed by atoms with Gasteiger partial charge in [-0.15, -0.1) is 0 Å². The molecular formula is C40H62O4S2. The fourth-order valence-corrected chi connectivity index (χ4v) is 7.72. The van der Waals surface area contributed by atoms with Crippen LogP contribution < -0.4 is 0 Å². The summed E-state index contributed by atoms with van der Waals surface area (Å²) in [6, 6.07) is 19.8. The summed E-state index contributed by atoms with van der Waals surface area (Å²) >= 11 is 0. The van der Waals surface area contributed by atoms with Crippen molar-refractivity contribution in [2.24, 2.45) is 0 Å². The summed E-state index contributed by atoms with van der Waals surface area (Å²) < 4.78 is 10.7. The molecule has 0 N–H and O–H groups in total. The van der Waals surface area contributed by atoms with Crippen LogP contribution in [0, 0.1) is 0 Å². The summed E-state index contributed by atoms with van der Waals surface area (Å²) in [5.74, 6) is 2.46. The third-order valence-electron chi connectivity index (χ3n) is 8.29. The molecule has 0 amide bonds. The maximum atomic E-state index is 11.9. The molecular weight excluding hydrogens is 609 g/mol. The molecule has 0 saturated heterocycles. The molecule has 0 heterocycles. The second-order valence-corrected chi connectivity index (χ2v) is 15.2. The smallest absolute Gasteiger partial charge is 0.306 e. The zero-order chi connectivity index (χ0) is 32.6. The number of benzene rings is 2. The SMILES string of the molecule is O=C(CCCCCCCCCCCCSSCCCCCCCCCCCCC(=O)OCc1ccccc1)OCc1ccccc1. The first-order chi connectivity index (χ1) is 22.7. The van der Waals surface area contributed by atoms with Crippen LogP contribution in [-0.4, -0.2) is 23.4 Å². The fraction of sp³-hybridized carbons (Fsp3) is 0.650. The summed E-state index contributed by atoms with van der Waals surface area (Å²) in [5, 5.41) is 0. The molecule has 46 heavy (non-hydrogen) atoms. The van der Waals surface area contributed by atoms with Crippen LogP contribution in [0.2, 0.25) is 0 Å². The third-order valence-corrected chi connectivity index (χ3v) is 10.9. The number of ether oxygens (including phenoxy) is 2. The molecule has 258 valence electrons. The minimum absolute atomic E-state index is 0.0701. The van der Waals surface area contributed by atoms with Crippen LogP contribution in [0.3, 0.4) is 0 Å². The van der Waals surface area contributed by atoms with Crippen LogP contribution in [0.5, 0.6) is 0 Å². The van der Waals surface area contributed by atoms with E-state index in [1.54, 1.807) is 0 Å². The maximum absolute atomic E-state index is 11.9. The first-order valence-electron chi connectivity index (χ1n) is 18.4. The van der Waals surface area contributed by atoms with Crippen molar-refractivity contribution in [1.82, 2.24) is 0 Å². The summed E-state index contributed by atoms with van der Waals surface area (Å²) in [6.45, 7) is 0.780. The van der Waals surface area contributed by atoms with E-state index in [1.807, 2.05) is 60.7 Å². The minimum atomic E-state index is -0.0701. The topological polar surface area (TPSA) is 52.6 Å². The Labute approximate surface area is 289 Å². The molecule has 0 saturated carbocycles. The summed E-state index contributed by atoms with van der Waals surface area (Å²) in [7, 11) is 4.15. The highest BCUT2D eigenvalue weighted by Crippen LogP contribution is 2.25. The van der Waals surface area contributed by atoms with Gasteiger partial charge in [-0.2, -0.15) is 0 Å². The number of carbonyl (C=O) groups excluding carboxylic acids is 2. The monoisotopic (exact) mass is 670 g/mol. The Morgan fingerprint density at radius 2 is 0.674 bits per heavy atom. The van der Waals surface area contributed by atoms with E-state index >= 15 is 0 Å². The number of unbranched alkanes of at least 4 members (excludes halogenated alkanes) is 18. The number of esters is 2. The highest BCUT2D eigenvalue weighted by atomic mass is 33.1. The Bertz CT molecular complexity index is 890. The van der Waals surface area contributed by atoms with Crippen molar-refractivity contribution in [3.05, 3.63) is 71.8 Å². The lowest BCUT2D eigenvalue weighted by molar-refractivity contribution is -0.146. The van der Waals surface area contributed by atoms with Gasteiger partial charge in [0, 0.05) is 24.3 Å². The molecule has 2 aromatic carbocycles. The van der Waals surface area contributed by atoms with Crippen molar-refractivity contribution < 1.29 is 19.1 Å². The van der Waals surface area contributed by atoms with Crippen molar-refractivity contribution in [3.63, 3.8) is 0 Å². The third kappa shape index (κ3) is 25.2. The van der Waals surface area contributed by atoms with E-state index in [2.05, 4.69) is 21.6 Å². The van der Waals surface area contributed by atoms with Crippen molar-refractivity contribution in [1.29, 1.82) is 0 Å². The van der Waals surface area contributed by atoms with E-state index in [-0.39, 0.29) is 11.9 Å². The van der Waals surface area contributed by atoms with Crippen LogP contribution in [0.4, 0.5) is 0 Å². The van der Waals surface area contributed by atoms with Crippen LogP contribution in [0.1, 0.15) is 152 Å². The predicted octanol–water partition coefficient (Wildman–Crippen LogP) is 12.4. The van der Waals surface area contributed by atoms with Gasteiger partial charge in [0.1, 0.15) is 13.2 Å². The predicted molar refractivity (Wildman–Crippen MR) is 199 cm³/mol. The quantitative estimate of drug-likeness (QED) is 0.0452. The molecule has 0 atom stereocenters. The molecule has 4 nitrogen and oxygen atoms in total.